The van der Waals surface area contributed by atoms with Crippen LogP contribution in [0, 0.1) is 6.92 Å². The topological polar surface area (TPSA) is 52.6 Å². The highest BCUT2D eigenvalue weighted by atomic mass is 35.5. The molecule has 0 aliphatic carbocycles. The number of carbonyl (C=O) groups excluding carboxylic acids is 1. The molecule has 0 aromatic heterocycles. The fraction of sp³-hybridized carbons (Fsp3) is 0.462. The number of anilines is 1. The lowest BCUT2D eigenvalue weighted by Gasteiger charge is -2.36. The first-order valence-electron chi connectivity index (χ1n) is 6.05. The van der Waals surface area contributed by atoms with E-state index in [-0.39, 0.29) is 18.6 Å². The van der Waals surface area contributed by atoms with Crippen molar-refractivity contribution < 1.29 is 9.90 Å². The summed E-state index contributed by atoms with van der Waals surface area (Å²) in [5.41, 5.74) is 1.94. The maximum atomic E-state index is 11.8. The van der Waals surface area contributed by atoms with Gasteiger partial charge in [0.05, 0.1) is 0 Å². The normalized spacial score (nSPS) is 19.8. The highest BCUT2D eigenvalue weighted by Gasteiger charge is 2.29. The Kier molecular flexibility index (Phi) is 4.09. The Labute approximate surface area is 112 Å². The number of aliphatic hydroxyl groups excluding tert-OH is 1. The van der Waals surface area contributed by atoms with Crippen LogP contribution in [0.2, 0.25) is 5.02 Å². The van der Waals surface area contributed by atoms with Gasteiger partial charge in [0.2, 0.25) is 5.91 Å². The van der Waals surface area contributed by atoms with Crippen LogP contribution in [0.5, 0.6) is 0 Å². The quantitative estimate of drug-likeness (QED) is 0.870. The van der Waals surface area contributed by atoms with Crippen molar-refractivity contribution in [3.63, 3.8) is 0 Å². The van der Waals surface area contributed by atoms with Gasteiger partial charge in [0.25, 0.3) is 0 Å². The molecule has 0 bridgehead atoms. The van der Waals surface area contributed by atoms with E-state index in [0.29, 0.717) is 18.0 Å². The van der Waals surface area contributed by atoms with E-state index >= 15 is 0 Å². The zero-order valence-corrected chi connectivity index (χ0v) is 11.1. The lowest BCUT2D eigenvalue weighted by Crippen LogP contribution is -2.55. The van der Waals surface area contributed by atoms with Gasteiger partial charge in [-0.15, -0.1) is 0 Å². The summed E-state index contributed by atoms with van der Waals surface area (Å²) in [7, 11) is 0. The summed E-state index contributed by atoms with van der Waals surface area (Å²) in [6.07, 6.45) is 0.428. The van der Waals surface area contributed by atoms with Gasteiger partial charge >= 0.3 is 0 Å². The third-order valence-electron chi connectivity index (χ3n) is 3.22. The number of nitrogens with zero attached hydrogens (tertiary/aromatic N) is 1. The second-order valence-corrected chi connectivity index (χ2v) is 4.85. The monoisotopic (exact) mass is 268 g/mol. The van der Waals surface area contributed by atoms with Crippen molar-refractivity contribution in [2.45, 2.75) is 19.4 Å². The Morgan fingerprint density at radius 3 is 3.00 bits per heavy atom. The fourth-order valence-electron chi connectivity index (χ4n) is 2.19. The minimum Gasteiger partial charge on any atom is -0.396 e. The van der Waals surface area contributed by atoms with Crippen LogP contribution in [-0.2, 0) is 4.79 Å². The Morgan fingerprint density at radius 1 is 1.56 bits per heavy atom. The van der Waals surface area contributed by atoms with Crippen LogP contribution < -0.4 is 10.2 Å². The van der Waals surface area contributed by atoms with Gasteiger partial charge in [-0.1, -0.05) is 17.7 Å². The molecule has 1 fully saturated rings. The highest BCUT2D eigenvalue weighted by molar-refractivity contribution is 6.31. The van der Waals surface area contributed by atoms with E-state index in [1.807, 2.05) is 30.0 Å². The van der Waals surface area contributed by atoms with Crippen molar-refractivity contribution in [3.05, 3.63) is 28.8 Å². The molecule has 1 heterocycles. The van der Waals surface area contributed by atoms with Crippen LogP contribution in [0.1, 0.15) is 12.0 Å². The standard InChI is InChI=1S/C13H17ClN2O2/c1-9-2-3-10(8-11(9)14)16-6-5-15-13(18)12(16)4-7-17/h2-3,8,12,17H,4-7H2,1H3,(H,15,18). The van der Waals surface area contributed by atoms with E-state index in [1.54, 1.807) is 0 Å². The largest absolute Gasteiger partial charge is 0.396 e. The van der Waals surface area contributed by atoms with Crippen LogP contribution in [0.3, 0.4) is 0 Å². The van der Waals surface area contributed by atoms with Gasteiger partial charge < -0.3 is 15.3 Å². The number of hydrogen-bond donors (Lipinski definition) is 2. The molecule has 1 aromatic carbocycles. The minimum absolute atomic E-state index is 0.00577. The van der Waals surface area contributed by atoms with E-state index in [1.165, 1.54) is 0 Å². The van der Waals surface area contributed by atoms with Crippen molar-refractivity contribution in [2.24, 2.45) is 0 Å². The second kappa shape index (κ2) is 5.59. The average Bonchev–Trinajstić information content (AvgIpc) is 2.35. The first-order chi connectivity index (χ1) is 8.63. The first kappa shape index (κ1) is 13.2. The first-order valence-corrected chi connectivity index (χ1v) is 6.42. The minimum atomic E-state index is -0.317. The summed E-state index contributed by atoms with van der Waals surface area (Å²) < 4.78 is 0. The predicted octanol–water partition coefficient (Wildman–Crippen LogP) is 1.34. The second-order valence-electron chi connectivity index (χ2n) is 4.45. The van der Waals surface area contributed by atoms with Gasteiger partial charge in [-0.2, -0.15) is 0 Å². The summed E-state index contributed by atoms with van der Waals surface area (Å²) >= 11 is 6.12. The third kappa shape index (κ3) is 2.60. The number of piperazine rings is 1. The van der Waals surface area contributed by atoms with Crippen molar-refractivity contribution in [1.29, 1.82) is 0 Å². The number of aryl methyl sites for hydroxylation is 1. The summed E-state index contributed by atoms with van der Waals surface area (Å²) in [5.74, 6) is -0.0352. The van der Waals surface area contributed by atoms with E-state index < -0.39 is 0 Å². The third-order valence-corrected chi connectivity index (χ3v) is 3.63. The summed E-state index contributed by atoms with van der Waals surface area (Å²) in [6, 6.07) is 5.46. The van der Waals surface area contributed by atoms with Crippen LogP contribution in [0.15, 0.2) is 18.2 Å². The molecule has 1 aliphatic heterocycles. The predicted molar refractivity (Wildman–Crippen MR) is 72.0 cm³/mol. The lowest BCUT2D eigenvalue weighted by atomic mass is 10.1. The van der Waals surface area contributed by atoms with Crippen LogP contribution in [0.25, 0.3) is 0 Å². The SMILES string of the molecule is Cc1ccc(N2CCNC(=O)C2CCO)cc1Cl. The molecule has 1 unspecified atom stereocenters. The highest BCUT2D eigenvalue weighted by Crippen LogP contribution is 2.26. The molecule has 0 spiro atoms. The van der Waals surface area contributed by atoms with E-state index in [9.17, 15) is 4.79 Å². The molecule has 5 heteroatoms. The van der Waals surface area contributed by atoms with Gasteiger partial charge in [-0.05, 0) is 31.0 Å². The number of rotatable bonds is 3. The fourth-order valence-corrected chi connectivity index (χ4v) is 2.37. The molecule has 2 N–H and O–H groups in total. The summed E-state index contributed by atoms with van der Waals surface area (Å²) in [6.45, 7) is 3.29. The molecule has 1 saturated heterocycles. The van der Waals surface area contributed by atoms with Gasteiger partial charge in [0.1, 0.15) is 6.04 Å². The van der Waals surface area contributed by atoms with E-state index in [2.05, 4.69) is 5.32 Å². The van der Waals surface area contributed by atoms with E-state index in [0.717, 1.165) is 17.8 Å². The molecule has 18 heavy (non-hydrogen) atoms. The molecule has 0 radical (unpaired) electrons. The van der Waals surface area contributed by atoms with Gasteiger partial charge in [-0.25, -0.2) is 0 Å². The van der Waals surface area contributed by atoms with Gasteiger partial charge in [-0.3, -0.25) is 4.79 Å². The Bertz CT molecular complexity index is 451. The van der Waals surface area contributed by atoms with Gasteiger partial charge in [0, 0.05) is 30.4 Å². The number of aliphatic hydroxyl groups is 1. The molecule has 2 rings (SSSR count). The zero-order valence-electron chi connectivity index (χ0n) is 10.3. The van der Waals surface area contributed by atoms with Crippen molar-refractivity contribution in [1.82, 2.24) is 5.32 Å². The molecule has 1 aliphatic rings. The lowest BCUT2D eigenvalue weighted by molar-refractivity contribution is -0.123. The molecule has 1 amide bonds. The number of carbonyl (C=O) groups is 1. The summed E-state index contributed by atoms with van der Waals surface area (Å²) in [5, 5.41) is 12.6. The molecular weight excluding hydrogens is 252 g/mol. The van der Waals surface area contributed by atoms with E-state index in [4.69, 9.17) is 16.7 Å². The van der Waals surface area contributed by atoms with Crippen LogP contribution in [0.4, 0.5) is 5.69 Å². The molecule has 4 nitrogen and oxygen atoms in total. The number of nitrogens with one attached hydrogen (secondary N) is 1. The number of benzene rings is 1. The molecule has 1 atom stereocenters. The van der Waals surface area contributed by atoms with Crippen molar-refractivity contribution in [3.8, 4) is 0 Å². The molecule has 98 valence electrons. The van der Waals surface area contributed by atoms with Crippen molar-refractivity contribution >= 4 is 23.2 Å². The average molecular weight is 269 g/mol. The van der Waals surface area contributed by atoms with Crippen LogP contribution in [-0.4, -0.2) is 36.8 Å². The number of halogens is 1. The number of hydrogen-bond acceptors (Lipinski definition) is 3. The smallest absolute Gasteiger partial charge is 0.242 e. The number of amides is 1. The zero-order chi connectivity index (χ0) is 13.1. The van der Waals surface area contributed by atoms with Gasteiger partial charge in [0.15, 0.2) is 0 Å². The molecule has 0 saturated carbocycles. The molecule has 1 aromatic rings. The van der Waals surface area contributed by atoms with Crippen LogP contribution >= 0.6 is 11.6 Å². The molecular formula is C13H17ClN2O2. The Morgan fingerprint density at radius 2 is 2.33 bits per heavy atom. The Balaban J connectivity index is 2.28. The Hall–Kier alpha value is -1.26. The van der Waals surface area contributed by atoms with Crippen molar-refractivity contribution in [2.75, 3.05) is 24.6 Å². The maximum absolute atomic E-state index is 11.8. The summed E-state index contributed by atoms with van der Waals surface area (Å²) in [4.78, 5) is 13.8. The maximum Gasteiger partial charge on any atom is 0.242 e.